The van der Waals surface area contributed by atoms with Gasteiger partial charge in [0.2, 0.25) is 0 Å². The van der Waals surface area contributed by atoms with Crippen molar-refractivity contribution < 1.29 is 6.51 Å². The van der Waals surface area contributed by atoms with Crippen LogP contribution in [-0.4, -0.2) is 0 Å². The second-order valence-electron chi connectivity index (χ2n) is 13.8. The van der Waals surface area contributed by atoms with Crippen LogP contribution in [0, 0.1) is 0 Å². The Morgan fingerprint density at radius 3 is 1.35 bits per heavy atom. The predicted molar refractivity (Wildman–Crippen MR) is 92.9 cm³/mol. The molecule has 0 aromatic heterocycles. The summed E-state index contributed by atoms with van der Waals surface area (Å²) >= 11 is 0. The Morgan fingerprint density at radius 1 is 0.565 bits per heavy atom. The molecule has 0 saturated carbocycles. The van der Waals surface area contributed by atoms with Crippen molar-refractivity contribution in [3.05, 3.63) is 0 Å². The van der Waals surface area contributed by atoms with Gasteiger partial charge in [0.15, 0.2) is 0 Å². The van der Waals surface area contributed by atoms with Crippen molar-refractivity contribution in [1.29, 1.82) is 0 Å². The SMILES string of the molecule is CCCCCCCCCCCC[C]12[CH]3[CH]4[CH]5[CH]1[Fe]45321678[CH]2[CH]1[CH]6[CH]7[CH]28. The molecule has 10 saturated heterocycles. The fourth-order valence-corrected chi connectivity index (χ4v) is 94.6. The second kappa shape index (κ2) is 1.30. The van der Waals surface area contributed by atoms with Gasteiger partial charge in [0.05, 0.1) is 0 Å². The maximum absolute atomic E-state index is 2.66. The van der Waals surface area contributed by atoms with Gasteiger partial charge >= 0.3 is 125 Å². The number of hydrogen-bond acceptors (Lipinski definition) is 0. The van der Waals surface area contributed by atoms with Gasteiger partial charge in [-0.3, -0.25) is 0 Å². The summed E-state index contributed by atoms with van der Waals surface area (Å²) in [6.45, 7) is -0.333. The molecule has 10 aliphatic heterocycles. The molecule has 10 fully saturated rings. The van der Waals surface area contributed by atoms with E-state index in [1.54, 1.807) is 75.5 Å². The van der Waals surface area contributed by atoms with Crippen LogP contribution < -0.4 is 0 Å². The maximum atomic E-state index is 2.32. The van der Waals surface area contributed by atoms with Crippen LogP contribution in [0.5, 0.6) is 0 Å². The molecule has 0 amide bonds. The molecule has 10 rings (SSSR count). The number of fused-ring (bicyclic) bond motifs is 10. The first-order valence-electron chi connectivity index (χ1n) is 11.3. The van der Waals surface area contributed by atoms with Crippen LogP contribution in [0.15, 0.2) is 0 Å². The quantitative estimate of drug-likeness (QED) is 0.260. The van der Waals surface area contributed by atoms with E-state index < -0.39 is 6.51 Å². The van der Waals surface area contributed by atoms with E-state index in [4.69, 9.17) is 0 Å². The van der Waals surface area contributed by atoms with Crippen molar-refractivity contribution >= 4 is 0 Å². The van der Waals surface area contributed by atoms with Crippen LogP contribution in [0.3, 0.4) is 0 Å². The topological polar surface area (TPSA) is 0 Å². The van der Waals surface area contributed by atoms with E-state index in [2.05, 4.69) is 6.92 Å². The fraction of sp³-hybridized carbons (Fsp3) is 1.00. The normalized spacial score (nSPS) is 91.3. The van der Waals surface area contributed by atoms with Gasteiger partial charge in [-0.1, -0.05) is 6.92 Å². The van der Waals surface area contributed by atoms with Gasteiger partial charge in [-0.2, -0.15) is 0 Å². The molecule has 4 atom stereocenters. The van der Waals surface area contributed by atoms with Crippen LogP contribution in [0.2, 0.25) is 47.7 Å². The fourth-order valence-electron chi connectivity index (χ4n) is 19.2. The third-order valence-corrected chi connectivity index (χ3v) is 60.9. The first kappa shape index (κ1) is 11.3. The van der Waals surface area contributed by atoms with Crippen molar-refractivity contribution in [1.82, 2.24) is 0 Å². The minimum absolute atomic E-state index is 1.24. The van der Waals surface area contributed by atoms with E-state index in [0.29, 0.717) is 0 Å². The molecule has 0 N–H and O–H groups in total. The summed E-state index contributed by atoms with van der Waals surface area (Å²) in [6, 6.07) is 0. The van der Waals surface area contributed by atoms with Crippen LogP contribution in [0.4, 0.5) is 0 Å². The average Bonchev–Trinajstić information content (AvgIpc) is 3.50. The van der Waals surface area contributed by atoms with Gasteiger partial charge in [-0.05, 0) is 0 Å². The van der Waals surface area contributed by atoms with Crippen molar-refractivity contribution in [3.63, 3.8) is 0 Å². The average molecular weight is 354 g/mol. The van der Waals surface area contributed by atoms with E-state index in [1.807, 2.05) is 0 Å². The Kier molecular flexibility index (Phi) is 0.638. The van der Waals surface area contributed by atoms with E-state index >= 15 is 0 Å². The molecule has 0 aromatic rings. The van der Waals surface area contributed by atoms with Crippen molar-refractivity contribution in [2.75, 3.05) is 0 Å². The van der Waals surface area contributed by atoms with E-state index in [0.717, 1.165) is 0 Å². The van der Waals surface area contributed by atoms with Crippen molar-refractivity contribution in [2.45, 2.75) is 125 Å². The Hall–Kier alpha value is 0.519. The summed E-state index contributed by atoms with van der Waals surface area (Å²) in [5, 5.41) is 0. The van der Waals surface area contributed by atoms with E-state index in [1.165, 1.54) is 42.8 Å². The van der Waals surface area contributed by atoms with E-state index in [-0.39, 0.29) is 0 Å². The number of unbranched alkanes of at least 4 members (excludes halogenated alkanes) is 9. The molecule has 1 spiro atoms. The summed E-state index contributed by atoms with van der Waals surface area (Å²) in [6.07, 6.45) is 17.1. The predicted octanol–water partition coefficient (Wildman–Crippen LogP) is 8.06. The molecule has 23 heavy (non-hydrogen) atoms. The minimum atomic E-state index is -2.66. The Morgan fingerprint density at radius 2 is 1.00 bits per heavy atom. The molecule has 10 aliphatic rings. The number of hydrogen-bond donors (Lipinski definition) is 0. The Bertz CT molecular complexity index is 923. The molecule has 0 nitrogen and oxygen atoms in total. The zero-order valence-corrected chi connectivity index (χ0v) is 15.9. The monoisotopic (exact) mass is 354 g/mol. The molecule has 0 aromatic carbocycles. The van der Waals surface area contributed by atoms with Crippen LogP contribution >= 0.6 is 0 Å². The van der Waals surface area contributed by atoms with E-state index in [9.17, 15) is 0 Å². The number of rotatable bonds is 11. The van der Waals surface area contributed by atoms with Gasteiger partial charge in [0.1, 0.15) is 0 Å². The second-order valence-corrected chi connectivity index (χ2v) is 37.4. The Labute approximate surface area is 131 Å². The standard InChI is InChI=1S/C17H29.C5H5.Fe/c1-2-3-4-5-6-7-8-9-10-11-14-17-15-12-13-16-17;1-2-4-5-3-1;/h12-13,15-16H,2-11,14H2,1H3;1-5H;. The molecule has 0 radical (unpaired) electrons. The summed E-state index contributed by atoms with van der Waals surface area (Å²) in [7, 11) is 0. The van der Waals surface area contributed by atoms with Crippen LogP contribution in [0.1, 0.15) is 77.6 Å². The van der Waals surface area contributed by atoms with Crippen LogP contribution in [-0.2, 0) is 6.51 Å². The van der Waals surface area contributed by atoms with Gasteiger partial charge in [0, 0.05) is 0 Å². The van der Waals surface area contributed by atoms with Crippen molar-refractivity contribution in [2.24, 2.45) is 0 Å². The molecule has 10 heterocycles. The van der Waals surface area contributed by atoms with Crippen LogP contribution in [0.25, 0.3) is 0 Å². The van der Waals surface area contributed by atoms with Gasteiger partial charge in [-0.15, -0.1) is 0 Å². The molecule has 0 bridgehead atoms. The molecule has 4 unspecified atom stereocenters. The third kappa shape index (κ3) is 0.185. The van der Waals surface area contributed by atoms with Gasteiger partial charge in [0.25, 0.3) is 0 Å². The summed E-state index contributed by atoms with van der Waals surface area (Å²) in [5.74, 6) is 0. The molecule has 130 valence electrons. The first-order chi connectivity index (χ1) is 11.1. The summed E-state index contributed by atoms with van der Waals surface area (Å²) < 4.78 is 1.24. The van der Waals surface area contributed by atoms with Gasteiger partial charge < -0.3 is 0 Å². The zero-order chi connectivity index (χ0) is 14.8. The van der Waals surface area contributed by atoms with Gasteiger partial charge in [-0.25, -0.2) is 0 Å². The molecular weight excluding hydrogens is 320 g/mol. The Balaban J connectivity index is 0.814. The molecular formula is C22H34Fe. The van der Waals surface area contributed by atoms with Crippen molar-refractivity contribution in [3.8, 4) is 0 Å². The summed E-state index contributed by atoms with van der Waals surface area (Å²) in [4.78, 5) is 14.0. The molecule has 0 aliphatic carbocycles. The third-order valence-electron chi connectivity index (χ3n) is 17.9. The summed E-state index contributed by atoms with van der Waals surface area (Å²) in [5.41, 5.74) is 0. The zero-order valence-electron chi connectivity index (χ0n) is 14.8. The first-order valence-corrected chi connectivity index (χ1v) is 17.6. The molecule has 1 heteroatoms.